The van der Waals surface area contributed by atoms with Gasteiger partial charge >= 0.3 is 0 Å². The maximum Gasteiger partial charge on any atom is 0.252 e. The lowest BCUT2D eigenvalue weighted by molar-refractivity contribution is 0.0941. The predicted octanol–water partition coefficient (Wildman–Crippen LogP) is 4.09. The monoisotopic (exact) mass is 341 g/mol. The molecule has 1 aliphatic carbocycles. The van der Waals surface area contributed by atoms with E-state index in [1.165, 1.54) is 25.7 Å². The van der Waals surface area contributed by atoms with Crippen molar-refractivity contribution in [3.05, 3.63) is 29.8 Å². The van der Waals surface area contributed by atoms with Crippen LogP contribution < -0.4 is 5.32 Å². The van der Waals surface area contributed by atoms with Gasteiger partial charge in [0.25, 0.3) is 5.91 Å². The minimum atomic E-state index is 0.0610. The Hall–Kier alpha value is -0.480. The predicted molar refractivity (Wildman–Crippen MR) is 85.2 cm³/mol. The number of rotatable bonds is 4. The van der Waals surface area contributed by atoms with E-state index in [0.29, 0.717) is 10.7 Å². The van der Waals surface area contributed by atoms with Crippen LogP contribution in [0, 0.1) is 5.92 Å². The highest BCUT2D eigenvalue weighted by molar-refractivity contribution is 9.09. The Labute approximate surface area is 127 Å². The molecule has 19 heavy (non-hydrogen) atoms. The van der Waals surface area contributed by atoms with Crippen molar-refractivity contribution in [3.8, 4) is 0 Å². The molecule has 1 amide bonds. The highest BCUT2D eigenvalue weighted by atomic mass is 79.9. The van der Waals surface area contributed by atoms with Gasteiger partial charge in [-0.3, -0.25) is 4.79 Å². The van der Waals surface area contributed by atoms with Crippen LogP contribution in [0.1, 0.15) is 36.0 Å². The summed E-state index contributed by atoms with van der Waals surface area (Å²) in [6.45, 7) is 0.807. The summed E-state index contributed by atoms with van der Waals surface area (Å²) in [5.41, 5.74) is 0.796. The van der Waals surface area contributed by atoms with Crippen molar-refractivity contribution in [2.24, 2.45) is 5.92 Å². The smallest absolute Gasteiger partial charge is 0.252 e. The molecule has 104 valence electrons. The van der Waals surface area contributed by atoms with Gasteiger partial charge in [-0.25, -0.2) is 0 Å². The second-order valence-corrected chi connectivity index (χ2v) is 7.17. The number of nitrogens with one attached hydrogen (secondary N) is 1. The first-order chi connectivity index (χ1) is 9.20. The fourth-order valence-electron chi connectivity index (χ4n) is 2.49. The molecular weight excluding hydrogens is 322 g/mol. The van der Waals surface area contributed by atoms with Crippen molar-refractivity contribution in [2.75, 3.05) is 12.8 Å². The third kappa shape index (κ3) is 4.25. The van der Waals surface area contributed by atoms with E-state index in [2.05, 4.69) is 21.2 Å². The highest BCUT2D eigenvalue weighted by Gasteiger charge is 2.20. The molecule has 1 aromatic carbocycles. The average Bonchev–Trinajstić information content (AvgIpc) is 2.46. The molecule has 0 heterocycles. The number of carbonyl (C=O) groups is 1. The second kappa shape index (κ2) is 7.34. The van der Waals surface area contributed by atoms with Gasteiger partial charge in [0.15, 0.2) is 0 Å². The van der Waals surface area contributed by atoms with Crippen molar-refractivity contribution in [1.82, 2.24) is 5.32 Å². The normalized spacial score (nSPS) is 23.1. The minimum Gasteiger partial charge on any atom is -0.352 e. The summed E-state index contributed by atoms with van der Waals surface area (Å²) in [6.07, 6.45) is 6.87. The van der Waals surface area contributed by atoms with Crippen LogP contribution >= 0.6 is 27.7 Å². The number of thioether (sulfide) groups is 1. The van der Waals surface area contributed by atoms with Gasteiger partial charge in [-0.1, -0.05) is 28.1 Å². The lowest BCUT2D eigenvalue weighted by Crippen LogP contribution is -2.31. The van der Waals surface area contributed by atoms with Crippen LogP contribution in [0.2, 0.25) is 0 Å². The van der Waals surface area contributed by atoms with E-state index < -0.39 is 0 Å². The maximum absolute atomic E-state index is 12.2. The van der Waals surface area contributed by atoms with Crippen molar-refractivity contribution < 1.29 is 4.79 Å². The molecule has 0 unspecified atom stereocenters. The van der Waals surface area contributed by atoms with Gasteiger partial charge in [-0.15, -0.1) is 11.8 Å². The molecule has 0 atom stereocenters. The standard InChI is InChI=1S/C15H20BrNOS/c1-19-14-5-3-2-4-13(14)15(18)17-10-11-6-8-12(16)9-7-11/h2-5,11-12H,6-10H2,1H3,(H,17,18). The first-order valence-corrected chi connectivity index (χ1v) is 8.90. The molecule has 2 rings (SSSR count). The Morgan fingerprint density at radius 3 is 2.68 bits per heavy atom. The molecule has 1 fully saturated rings. The Morgan fingerprint density at radius 1 is 1.32 bits per heavy atom. The summed E-state index contributed by atoms with van der Waals surface area (Å²) >= 11 is 5.28. The fraction of sp³-hybridized carbons (Fsp3) is 0.533. The molecule has 1 saturated carbocycles. The van der Waals surface area contributed by atoms with Gasteiger partial charge in [0.1, 0.15) is 0 Å². The van der Waals surface area contributed by atoms with E-state index in [9.17, 15) is 4.79 Å². The van der Waals surface area contributed by atoms with Gasteiger partial charge in [-0.2, -0.15) is 0 Å². The van der Waals surface area contributed by atoms with Crippen molar-refractivity contribution in [2.45, 2.75) is 35.4 Å². The van der Waals surface area contributed by atoms with Crippen molar-refractivity contribution in [3.63, 3.8) is 0 Å². The zero-order valence-corrected chi connectivity index (χ0v) is 13.6. The van der Waals surface area contributed by atoms with E-state index in [-0.39, 0.29) is 5.91 Å². The molecule has 0 aliphatic heterocycles. The van der Waals surface area contributed by atoms with Crippen LogP contribution in [0.15, 0.2) is 29.2 Å². The number of hydrogen-bond donors (Lipinski definition) is 1. The molecule has 4 heteroatoms. The van der Waals surface area contributed by atoms with Crippen molar-refractivity contribution in [1.29, 1.82) is 0 Å². The topological polar surface area (TPSA) is 29.1 Å². The molecule has 2 nitrogen and oxygen atoms in total. The Morgan fingerprint density at radius 2 is 2.00 bits per heavy atom. The quantitative estimate of drug-likeness (QED) is 0.660. The van der Waals surface area contributed by atoms with Gasteiger partial charge in [-0.05, 0) is 50.0 Å². The van der Waals surface area contributed by atoms with E-state index in [4.69, 9.17) is 0 Å². The molecule has 1 aliphatic rings. The lowest BCUT2D eigenvalue weighted by atomic mass is 9.89. The van der Waals surface area contributed by atoms with Crippen LogP contribution in [-0.2, 0) is 0 Å². The Balaban J connectivity index is 1.87. The molecule has 0 aromatic heterocycles. The van der Waals surface area contributed by atoms with Crippen LogP contribution in [0.4, 0.5) is 0 Å². The lowest BCUT2D eigenvalue weighted by Gasteiger charge is -2.25. The number of amides is 1. The molecular formula is C15H20BrNOS. The summed E-state index contributed by atoms with van der Waals surface area (Å²) in [5, 5.41) is 3.09. The number of carbonyl (C=O) groups excluding carboxylic acids is 1. The highest BCUT2D eigenvalue weighted by Crippen LogP contribution is 2.28. The van der Waals surface area contributed by atoms with E-state index in [0.717, 1.165) is 17.0 Å². The first-order valence-electron chi connectivity index (χ1n) is 6.76. The maximum atomic E-state index is 12.2. The van der Waals surface area contributed by atoms with Crippen LogP contribution in [0.5, 0.6) is 0 Å². The molecule has 1 N–H and O–H groups in total. The van der Waals surface area contributed by atoms with E-state index in [1.54, 1.807) is 11.8 Å². The van der Waals surface area contributed by atoms with Crippen LogP contribution in [0.25, 0.3) is 0 Å². The van der Waals surface area contributed by atoms with E-state index in [1.807, 2.05) is 30.5 Å². The Bertz CT molecular complexity index is 430. The summed E-state index contributed by atoms with van der Waals surface area (Å²) in [5.74, 6) is 0.699. The molecule has 0 saturated heterocycles. The van der Waals surface area contributed by atoms with E-state index >= 15 is 0 Å². The third-order valence-corrected chi connectivity index (χ3v) is 5.39. The summed E-state index contributed by atoms with van der Waals surface area (Å²) in [6, 6.07) is 7.79. The first kappa shape index (κ1) is 14.9. The largest absolute Gasteiger partial charge is 0.352 e. The Kier molecular flexibility index (Phi) is 5.76. The summed E-state index contributed by atoms with van der Waals surface area (Å²) in [7, 11) is 0. The second-order valence-electron chi connectivity index (χ2n) is 5.03. The molecule has 0 spiro atoms. The molecule has 0 radical (unpaired) electrons. The zero-order valence-electron chi connectivity index (χ0n) is 11.2. The fourth-order valence-corrected chi connectivity index (χ4v) is 3.61. The SMILES string of the molecule is CSc1ccccc1C(=O)NCC1CCC(Br)CC1. The average molecular weight is 342 g/mol. The van der Waals surface area contributed by atoms with Crippen LogP contribution in [0.3, 0.4) is 0 Å². The summed E-state index contributed by atoms with van der Waals surface area (Å²) < 4.78 is 0. The number of halogens is 1. The number of hydrogen-bond acceptors (Lipinski definition) is 2. The van der Waals surface area contributed by atoms with Gasteiger partial charge in [0.2, 0.25) is 0 Å². The third-order valence-electron chi connectivity index (χ3n) is 3.68. The van der Waals surface area contributed by atoms with Crippen molar-refractivity contribution >= 4 is 33.6 Å². The molecule has 1 aromatic rings. The van der Waals surface area contributed by atoms with Gasteiger partial charge < -0.3 is 5.32 Å². The van der Waals surface area contributed by atoms with Crippen LogP contribution in [-0.4, -0.2) is 23.5 Å². The zero-order chi connectivity index (χ0) is 13.7. The number of benzene rings is 1. The number of alkyl halides is 1. The summed E-state index contributed by atoms with van der Waals surface area (Å²) in [4.78, 5) is 13.9. The minimum absolute atomic E-state index is 0.0610. The molecule has 0 bridgehead atoms. The van der Waals surface area contributed by atoms with Gasteiger partial charge in [0.05, 0.1) is 5.56 Å². The van der Waals surface area contributed by atoms with Gasteiger partial charge in [0, 0.05) is 16.3 Å².